The first-order valence-corrected chi connectivity index (χ1v) is 6.73. The van der Waals surface area contributed by atoms with Crippen LogP contribution in [0.25, 0.3) is 0 Å². The van der Waals surface area contributed by atoms with Crippen LogP contribution in [0.3, 0.4) is 0 Å². The zero-order valence-corrected chi connectivity index (χ0v) is 11.7. The lowest BCUT2D eigenvalue weighted by atomic mass is 10.1. The third kappa shape index (κ3) is 2.93. The first kappa shape index (κ1) is 14.0. The number of rotatable bonds is 4. The van der Waals surface area contributed by atoms with Crippen molar-refractivity contribution in [3.63, 3.8) is 0 Å². The fraction of sp³-hybridized carbons (Fsp3) is 0.429. The van der Waals surface area contributed by atoms with Gasteiger partial charge in [-0.2, -0.15) is 0 Å². The highest BCUT2D eigenvalue weighted by Gasteiger charge is 2.35. The predicted molar refractivity (Wildman–Crippen MR) is 77.7 cm³/mol. The van der Waals surface area contributed by atoms with Crippen LogP contribution < -0.4 is 5.73 Å². The Bertz CT molecular complexity index is 464. The Balaban J connectivity index is 2.19. The summed E-state index contributed by atoms with van der Waals surface area (Å²) in [5.74, 6) is -0.0657. The lowest BCUT2D eigenvalue weighted by Crippen LogP contribution is -2.45. The number of thiocarbonyl (C=S) groups is 1. The summed E-state index contributed by atoms with van der Waals surface area (Å²) in [5.41, 5.74) is 6.55. The van der Waals surface area contributed by atoms with E-state index in [9.17, 15) is 4.79 Å². The minimum absolute atomic E-state index is 0.0657. The van der Waals surface area contributed by atoms with E-state index in [1.807, 2.05) is 30.3 Å². The van der Waals surface area contributed by atoms with Crippen molar-refractivity contribution >= 4 is 23.1 Å². The average molecular weight is 278 g/mol. The molecule has 0 radical (unpaired) electrons. The molecular weight excluding hydrogens is 260 g/mol. The maximum Gasteiger partial charge on any atom is 0.256 e. The summed E-state index contributed by atoms with van der Waals surface area (Å²) in [5, 5.41) is 0. The van der Waals surface area contributed by atoms with E-state index in [1.165, 1.54) is 0 Å². The maximum absolute atomic E-state index is 12.6. The first-order chi connectivity index (χ1) is 9.15. The Morgan fingerprint density at radius 2 is 2.16 bits per heavy atom. The number of methoxy groups -OCH3 is 1. The van der Waals surface area contributed by atoms with Crippen molar-refractivity contribution in [2.75, 3.05) is 13.7 Å². The summed E-state index contributed by atoms with van der Waals surface area (Å²) < 4.78 is 5.36. The van der Waals surface area contributed by atoms with Crippen LogP contribution in [0, 0.1) is 0 Å². The molecule has 102 valence electrons. The number of likely N-dealkylation sites (tertiary alicyclic amines) is 1. The molecule has 2 rings (SSSR count). The fourth-order valence-electron chi connectivity index (χ4n) is 2.48. The van der Waals surface area contributed by atoms with E-state index in [-0.39, 0.29) is 11.9 Å². The van der Waals surface area contributed by atoms with E-state index >= 15 is 0 Å². The van der Waals surface area contributed by atoms with Crippen LogP contribution in [-0.2, 0) is 9.53 Å². The SMILES string of the molecule is COC(C(=O)N1CCCC1C(N)=S)c1ccccc1. The topological polar surface area (TPSA) is 55.6 Å². The molecule has 1 aromatic carbocycles. The standard InChI is InChI=1S/C14H18N2O2S/c1-18-12(10-6-3-2-4-7-10)14(17)16-9-5-8-11(16)13(15)19/h2-4,6-7,11-12H,5,8-9H2,1H3,(H2,15,19). The third-order valence-corrected chi connectivity index (χ3v) is 3.70. The average Bonchev–Trinajstić information content (AvgIpc) is 2.90. The molecule has 1 aliphatic heterocycles. The van der Waals surface area contributed by atoms with E-state index in [0.717, 1.165) is 18.4 Å². The molecule has 1 aromatic rings. The molecule has 4 nitrogen and oxygen atoms in total. The van der Waals surface area contributed by atoms with Crippen molar-refractivity contribution in [1.82, 2.24) is 4.90 Å². The highest BCUT2D eigenvalue weighted by molar-refractivity contribution is 7.80. The summed E-state index contributed by atoms with van der Waals surface area (Å²) in [6.45, 7) is 0.688. The van der Waals surface area contributed by atoms with E-state index in [0.29, 0.717) is 11.5 Å². The van der Waals surface area contributed by atoms with Crippen LogP contribution in [0.5, 0.6) is 0 Å². The molecule has 19 heavy (non-hydrogen) atoms. The van der Waals surface area contributed by atoms with Gasteiger partial charge in [0, 0.05) is 13.7 Å². The molecule has 1 saturated heterocycles. The Morgan fingerprint density at radius 1 is 1.47 bits per heavy atom. The highest BCUT2D eigenvalue weighted by Crippen LogP contribution is 2.25. The number of nitrogens with zero attached hydrogens (tertiary/aromatic N) is 1. The van der Waals surface area contributed by atoms with Gasteiger partial charge in [-0.25, -0.2) is 0 Å². The molecule has 1 fully saturated rings. The lowest BCUT2D eigenvalue weighted by molar-refractivity contribution is -0.142. The molecule has 1 aliphatic rings. The van der Waals surface area contributed by atoms with Gasteiger partial charge in [-0.15, -0.1) is 0 Å². The third-order valence-electron chi connectivity index (χ3n) is 3.43. The van der Waals surface area contributed by atoms with Crippen molar-refractivity contribution in [3.05, 3.63) is 35.9 Å². The molecule has 0 saturated carbocycles. The van der Waals surface area contributed by atoms with Gasteiger partial charge in [0.25, 0.3) is 5.91 Å². The van der Waals surface area contributed by atoms with E-state index in [4.69, 9.17) is 22.7 Å². The number of hydrogen-bond donors (Lipinski definition) is 1. The van der Waals surface area contributed by atoms with Gasteiger partial charge in [0.05, 0.1) is 11.0 Å². The molecule has 0 bridgehead atoms. The van der Waals surface area contributed by atoms with Crippen molar-refractivity contribution < 1.29 is 9.53 Å². The van der Waals surface area contributed by atoms with Crippen LogP contribution in [-0.4, -0.2) is 35.5 Å². The molecule has 2 N–H and O–H groups in total. The van der Waals surface area contributed by atoms with Crippen molar-refractivity contribution in [2.45, 2.75) is 25.0 Å². The lowest BCUT2D eigenvalue weighted by Gasteiger charge is -2.27. The van der Waals surface area contributed by atoms with Crippen molar-refractivity contribution in [3.8, 4) is 0 Å². The summed E-state index contributed by atoms with van der Waals surface area (Å²) in [6, 6.07) is 9.33. The molecule has 2 atom stereocenters. The minimum atomic E-state index is -0.587. The molecule has 0 aromatic heterocycles. The number of carbonyl (C=O) groups is 1. The number of nitrogens with two attached hydrogens (primary N) is 1. The monoisotopic (exact) mass is 278 g/mol. The molecule has 5 heteroatoms. The van der Waals surface area contributed by atoms with Crippen molar-refractivity contribution in [1.29, 1.82) is 0 Å². The Morgan fingerprint density at radius 3 is 2.74 bits per heavy atom. The van der Waals surface area contributed by atoms with Gasteiger partial charge in [-0.3, -0.25) is 4.79 Å². The number of carbonyl (C=O) groups excluding carboxylic acids is 1. The molecule has 1 heterocycles. The zero-order chi connectivity index (χ0) is 13.8. The van der Waals surface area contributed by atoms with Gasteiger partial charge in [-0.1, -0.05) is 42.5 Å². The number of ether oxygens (including phenoxy) is 1. The van der Waals surface area contributed by atoms with Crippen LogP contribution in [0.2, 0.25) is 0 Å². The summed E-state index contributed by atoms with van der Waals surface area (Å²) in [4.78, 5) is 14.7. The molecule has 0 aliphatic carbocycles. The van der Waals surface area contributed by atoms with E-state index < -0.39 is 6.10 Å². The van der Waals surface area contributed by atoms with Crippen LogP contribution in [0.15, 0.2) is 30.3 Å². The number of hydrogen-bond acceptors (Lipinski definition) is 3. The Kier molecular flexibility index (Phi) is 4.50. The second kappa shape index (κ2) is 6.12. The van der Waals surface area contributed by atoms with Gasteiger partial charge in [0.1, 0.15) is 0 Å². The minimum Gasteiger partial charge on any atom is -0.392 e. The Hall–Kier alpha value is -1.46. The van der Waals surface area contributed by atoms with Gasteiger partial charge >= 0.3 is 0 Å². The smallest absolute Gasteiger partial charge is 0.256 e. The van der Waals surface area contributed by atoms with Crippen LogP contribution in [0.1, 0.15) is 24.5 Å². The maximum atomic E-state index is 12.6. The highest BCUT2D eigenvalue weighted by atomic mass is 32.1. The molecule has 0 spiro atoms. The van der Waals surface area contributed by atoms with Gasteiger partial charge in [0.2, 0.25) is 0 Å². The first-order valence-electron chi connectivity index (χ1n) is 6.32. The van der Waals surface area contributed by atoms with Gasteiger partial charge in [0.15, 0.2) is 6.10 Å². The quantitative estimate of drug-likeness (QED) is 0.851. The summed E-state index contributed by atoms with van der Waals surface area (Å²) >= 11 is 5.03. The second-order valence-corrected chi connectivity index (χ2v) is 5.09. The second-order valence-electron chi connectivity index (χ2n) is 4.62. The molecule has 2 unspecified atom stereocenters. The van der Waals surface area contributed by atoms with Crippen molar-refractivity contribution in [2.24, 2.45) is 5.73 Å². The largest absolute Gasteiger partial charge is 0.392 e. The van der Waals surface area contributed by atoms with E-state index in [2.05, 4.69) is 0 Å². The van der Waals surface area contributed by atoms with Gasteiger partial charge in [-0.05, 0) is 18.4 Å². The van der Waals surface area contributed by atoms with Crippen LogP contribution >= 0.6 is 12.2 Å². The summed E-state index contributed by atoms with van der Waals surface area (Å²) in [7, 11) is 1.54. The number of amides is 1. The fourth-order valence-corrected chi connectivity index (χ4v) is 2.73. The molecule has 1 amide bonds. The van der Waals surface area contributed by atoms with Crippen LogP contribution in [0.4, 0.5) is 0 Å². The summed E-state index contributed by atoms with van der Waals surface area (Å²) in [6.07, 6.45) is 1.18. The number of benzene rings is 1. The normalized spacial score (nSPS) is 20.3. The Labute approximate surface area is 118 Å². The van der Waals surface area contributed by atoms with E-state index in [1.54, 1.807) is 12.0 Å². The van der Waals surface area contributed by atoms with Gasteiger partial charge < -0.3 is 15.4 Å². The zero-order valence-electron chi connectivity index (χ0n) is 10.9. The predicted octanol–water partition coefficient (Wildman–Crippen LogP) is 1.65. The molecular formula is C14H18N2O2S.